The van der Waals surface area contributed by atoms with Crippen LogP contribution in [0, 0.1) is 11.8 Å². The Hall–Kier alpha value is -1.61. The Bertz CT molecular complexity index is 523. The van der Waals surface area contributed by atoms with Gasteiger partial charge in [-0.05, 0) is 37.5 Å². The molecule has 3 nitrogen and oxygen atoms in total. The van der Waals surface area contributed by atoms with Crippen molar-refractivity contribution in [1.82, 2.24) is 5.32 Å². The number of nitrogens with two attached hydrogens (primary N) is 1. The highest BCUT2D eigenvalue weighted by molar-refractivity contribution is 6.04. The average Bonchev–Trinajstić information content (AvgIpc) is 2.89. The topological polar surface area (TPSA) is 55.1 Å². The van der Waals surface area contributed by atoms with E-state index in [0.717, 1.165) is 11.8 Å². The summed E-state index contributed by atoms with van der Waals surface area (Å²) in [6.07, 6.45) is 8.30. The summed E-state index contributed by atoms with van der Waals surface area (Å²) in [4.78, 5) is 12.0. The highest BCUT2D eigenvalue weighted by Crippen LogP contribution is 2.41. The SMILES string of the molecule is N/C(=C\C(=O)c1ccccc1)CNC1CCC2CCC1C2. The van der Waals surface area contributed by atoms with E-state index in [-0.39, 0.29) is 5.78 Å². The summed E-state index contributed by atoms with van der Waals surface area (Å²) in [6.45, 7) is 0.615. The maximum Gasteiger partial charge on any atom is 0.187 e. The molecule has 3 heteroatoms. The number of hydrogen-bond donors (Lipinski definition) is 2. The highest BCUT2D eigenvalue weighted by atomic mass is 16.1. The van der Waals surface area contributed by atoms with Gasteiger partial charge in [0.05, 0.1) is 0 Å². The van der Waals surface area contributed by atoms with Crippen molar-refractivity contribution in [3.8, 4) is 0 Å². The fraction of sp³-hybridized carbons (Fsp3) is 0.500. The molecule has 112 valence electrons. The van der Waals surface area contributed by atoms with Crippen molar-refractivity contribution in [1.29, 1.82) is 0 Å². The van der Waals surface area contributed by atoms with Gasteiger partial charge in [-0.3, -0.25) is 4.79 Å². The van der Waals surface area contributed by atoms with Crippen LogP contribution in [0.1, 0.15) is 42.5 Å². The van der Waals surface area contributed by atoms with Gasteiger partial charge < -0.3 is 11.1 Å². The molecule has 3 atom stereocenters. The van der Waals surface area contributed by atoms with Crippen molar-refractivity contribution in [2.24, 2.45) is 17.6 Å². The number of rotatable bonds is 5. The summed E-state index contributed by atoms with van der Waals surface area (Å²) in [5, 5.41) is 3.56. The Labute approximate surface area is 126 Å². The molecule has 2 bridgehead atoms. The highest BCUT2D eigenvalue weighted by Gasteiger charge is 2.35. The van der Waals surface area contributed by atoms with E-state index in [2.05, 4.69) is 5.32 Å². The Morgan fingerprint density at radius 1 is 1.19 bits per heavy atom. The normalized spacial score (nSPS) is 28.6. The second kappa shape index (κ2) is 6.44. The van der Waals surface area contributed by atoms with Crippen LogP contribution in [0.15, 0.2) is 42.1 Å². The van der Waals surface area contributed by atoms with E-state index in [1.165, 1.54) is 32.1 Å². The first-order valence-electron chi connectivity index (χ1n) is 8.01. The molecule has 0 aliphatic heterocycles. The molecule has 2 aliphatic rings. The molecule has 2 aliphatic carbocycles. The van der Waals surface area contributed by atoms with Gasteiger partial charge in [-0.2, -0.15) is 0 Å². The van der Waals surface area contributed by atoms with Crippen LogP contribution in [0.3, 0.4) is 0 Å². The molecule has 2 fully saturated rings. The molecule has 0 saturated heterocycles. The van der Waals surface area contributed by atoms with E-state index in [1.807, 2.05) is 30.3 Å². The maximum absolute atomic E-state index is 12.0. The minimum atomic E-state index is -0.0144. The van der Waals surface area contributed by atoms with Gasteiger partial charge in [-0.25, -0.2) is 0 Å². The van der Waals surface area contributed by atoms with Gasteiger partial charge in [0.1, 0.15) is 0 Å². The molecule has 1 aromatic carbocycles. The molecule has 3 unspecified atom stereocenters. The summed E-state index contributed by atoms with van der Waals surface area (Å²) < 4.78 is 0. The number of hydrogen-bond acceptors (Lipinski definition) is 3. The summed E-state index contributed by atoms with van der Waals surface area (Å²) in [5.74, 6) is 1.78. The van der Waals surface area contributed by atoms with Crippen molar-refractivity contribution in [3.63, 3.8) is 0 Å². The summed E-state index contributed by atoms with van der Waals surface area (Å²) in [6, 6.07) is 9.87. The number of fused-ring (bicyclic) bond motifs is 2. The average molecular weight is 284 g/mol. The smallest absolute Gasteiger partial charge is 0.187 e. The predicted octanol–water partition coefficient (Wildman–Crippen LogP) is 2.88. The number of allylic oxidation sites excluding steroid dienone is 1. The largest absolute Gasteiger partial charge is 0.401 e. The molecular formula is C18H24N2O. The number of nitrogens with one attached hydrogen (secondary N) is 1. The van der Waals surface area contributed by atoms with Crippen molar-refractivity contribution in [3.05, 3.63) is 47.7 Å². The first-order chi connectivity index (χ1) is 10.2. The second-order valence-electron chi connectivity index (χ2n) is 6.45. The number of benzene rings is 1. The molecule has 3 rings (SSSR count). The Morgan fingerprint density at radius 2 is 1.95 bits per heavy atom. The maximum atomic E-state index is 12.0. The third kappa shape index (κ3) is 3.53. The number of carbonyl (C=O) groups excluding carboxylic acids is 1. The fourth-order valence-electron chi connectivity index (χ4n) is 3.82. The quantitative estimate of drug-likeness (QED) is 0.646. The van der Waals surface area contributed by atoms with E-state index in [4.69, 9.17) is 5.73 Å². The lowest BCUT2D eigenvalue weighted by Crippen LogP contribution is -2.39. The molecule has 0 aromatic heterocycles. The zero-order chi connectivity index (χ0) is 14.7. The summed E-state index contributed by atoms with van der Waals surface area (Å²) in [7, 11) is 0. The van der Waals surface area contributed by atoms with Gasteiger partial charge >= 0.3 is 0 Å². The van der Waals surface area contributed by atoms with E-state index in [1.54, 1.807) is 6.08 Å². The van der Waals surface area contributed by atoms with Gasteiger partial charge in [0, 0.05) is 29.9 Å². The van der Waals surface area contributed by atoms with Crippen molar-refractivity contribution >= 4 is 5.78 Å². The van der Waals surface area contributed by atoms with Crippen molar-refractivity contribution in [2.45, 2.75) is 38.1 Å². The zero-order valence-electron chi connectivity index (χ0n) is 12.4. The molecule has 0 radical (unpaired) electrons. The van der Waals surface area contributed by atoms with Crippen LogP contribution in [0.5, 0.6) is 0 Å². The minimum absolute atomic E-state index is 0.0144. The predicted molar refractivity (Wildman–Crippen MR) is 84.9 cm³/mol. The van der Waals surface area contributed by atoms with E-state index in [0.29, 0.717) is 23.8 Å². The first-order valence-corrected chi connectivity index (χ1v) is 8.01. The molecule has 1 aromatic rings. The van der Waals surface area contributed by atoms with Gasteiger partial charge in [0.2, 0.25) is 0 Å². The van der Waals surface area contributed by atoms with Crippen LogP contribution in [0.25, 0.3) is 0 Å². The molecule has 3 N–H and O–H groups in total. The van der Waals surface area contributed by atoms with Crippen molar-refractivity contribution < 1.29 is 4.79 Å². The summed E-state index contributed by atoms with van der Waals surface area (Å²) in [5.41, 5.74) is 7.32. The van der Waals surface area contributed by atoms with E-state index < -0.39 is 0 Å². The lowest BCUT2D eigenvalue weighted by Gasteiger charge is -2.29. The second-order valence-corrected chi connectivity index (χ2v) is 6.45. The Morgan fingerprint density at radius 3 is 2.76 bits per heavy atom. The third-order valence-corrected chi connectivity index (χ3v) is 4.98. The standard InChI is InChI=1S/C18H24N2O/c19-16(11-18(21)14-4-2-1-3-5-14)12-20-17-9-7-13-6-8-15(17)10-13/h1-5,11,13,15,17,20H,6-10,12,19H2/b16-11-. The van der Waals surface area contributed by atoms with Gasteiger partial charge in [-0.1, -0.05) is 36.8 Å². The van der Waals surface area contributed by atoms with Crippen LogP contribution < -0.4 is 11.1 Å². The lowest BCUT2D eigenvalue weighted by molar-refractivity contribution is 0.104. The molecule has 0 heterocycles. The van der Waals surface area contributed by atoms with Crippen LogP contribution >= 0.6 is 0 Å². The molecular weight excluding hydrogens is 260 g/mol. The Balaban J connectivity index is 1.53. The zero-order valence-corrected chi connectivity index (χ0v) is 12.4. The summed E-state index contributed by atoms with van der Waals surface area (Å²) >= 11 is 0. The minimum Gasteiger partial charge on any atom is -0.401 e. The molecule has 0 spiro atoms. The first kappa shape index (κ1) is 14.3. The van der Waals surface area contributed by atoms with E-state index in [9.17, 15) is 4.79 Å². The van der Waals surface area contributed by atoms with Gasteiger partial charge in [-0.15, -0.1) is 0 Å². The molecule has 0 amide bonds. The van der Waals surface area contributed by atoms with Gasteiger partial charge in [0.15, 0.2) is 5.78 Å². The molecule has 2 saturated carbocycles. The lowest BCUT2D eigenvalue weighted by atomic mass is 9.85. The van der Waals surface area contributed by atoms with Crippen LogP contribution in [-0.2, 0) is 0 Å². The monoisotopic (exact) mass is 284 g/mol. The molecule has 21 heavy (non-hydrogen) atoms. The van der Waals surface area contributed by atoms with Crippen molar-refractivity contribution in [2.75, 3.05) is 6.54 Å². The number of carbonyl (C=O) groups is 1. The fourth-order valence-corrected chi connectivity index (χ4v) is 3.82. The Kier molecular flexibility index (Phi) is 4.39. The van der Waals surface area contributed by atoms with Gasteiger partial charge in [0.25, 0.3) is 0 Å². The van der Waals surface area contributed by atoms with Crippen LogP contribution in [0.4, 0.5) is 0 Å². The third-order valence-electron chi connectivity index (χ3n) is 4.98. The van der Waals surface area contributed by atoms with Crippen LogP contribution in [-0.4, -0.2) is 18.4 Å². The van der Waals surface area contributed by atoms with E-state index >= 15 is 0 Å². The number of ketones is 1. The van der Waals surface area contributed by atoms with Crippen LogP contribution in [0.2, 0.25) is 0 Å².